The lowest BCUT2D eigenvalue weighted by Gasteiger charge is -2.09. The van der Waals surface area contributed by atoms with E-state index < -0.39 is 10.0 Å². The smallest absolute Gasteiger partial charge is 0.258 e. The molecule has 0 heterocycles. The molecule has 0 radical (unpaired) electrons. The third-order valence-corrected chi connectivity index (χ3v) is 4.86. The summed E-state index contributed by atoms with van der Waals surface area (Å²) in [5.74, 6) is 0.136. The Balaban J connectivity index is 1.86. The van der Waals surface area contributed by atoms with Crippen LogP contribution in [0.4, 0.5) is 0 Å². The van der Waals surface area contributed by atoms with Gasteiger partial charge in [-0.25, -0.2) is 13.1 Å². The van der Waals surface area contributed by atoms with Crippen molar-refractivity contribution in [3.63, 3.8) is 0 Å². The van der Waals surface area contributed by atoms with E-state index in [1.54, 1.807) is 7.11 Å². The quantitative estimate of drug-likeness (QED) is 0.608. The van der Waals surface area contributed by atoms with Crippen LogP contribution in [-0.2, 0) is 26.1 Å². The number of carbonyl (C=O) groups is 1. The van der Waals surface area contributed by atoms with Gasteiger partial charge in [-0.15, -0.1) is 0 Å². The van der Waals surface area contributed by atoms with E-state index in [4.69, 9.17) is 9.47 Å². The van der Waals surface area contributed by atoms with E-state index in [1.165, 1.54) is 24.3 Å². The number of methoxy groups -OCH3 is 1. The van der Waals surface area contributed by atoms with E-state index in [-0.39, 0.29) is 24.0 Å². The standard InChI is InChI=1S/C18H22N2O5S/c1-24-12-11-19-18(21)14-25-16-7-9-17(10-8-16)26(22,23)20-13-15-5-3-2-4-6-15/h2-10,20H,11-14H2,1H3,(H,19,21). The molecule has 140 valence electrons. The molecule has 2 aromatic rings. The molecule has 0 atom stereocenters. The summed E-state index contributed by atoms with van der Waals surface area (Å²) in [6.07, 6.45) is 0. The van der Waals surface area contributed by atoms with Crippen molar-refractivity contribution in [2.75, 3.05) is 26.9 Å². The number of hydrogen-bond acceptors (Lipinski definition) is 5. The molecule has 0 aliphatic heterocycles. The first-order valence-electron chi connectivity index (χ1n) is 8.03. The first kappa shape index (κ1) is 19.9. The maximum atomic E-state index is 12.3. The Bertz CT molecular complexity index is 792. The molecule has 0 aliphatic carbocycles. The predicted octanol–water partition coefficient (Wildman–Crippen LogP) is 1.31. The van der Waals surface area contributed by atoms with Gasteiger partial charge in [0.25, 0.3) is 5.91 Å². The van der Waals surface area contributed by atoms with Crippen LogP contribution in [0.2, 0.25) is 0 Å². The lowest BCUT2D eigenvalue weighted by atomic mass is 10.2. The molecule has 2 rings (SSSR count). The van der Waals surface area contributed by atoms with Gasteiger partial charge >= 0.3 is 0 Å². The summed E-state index contributed by atoms with van der Waals surface area (Å²) in [4.78, 5) is 11.7. The second-order valence-electron chi connectivity index (χ2n) is 5.41. The predicted molar refractivity (Wildman–Crippen MR) is 97.3 cm³/mol. The van der Waals surface area contributed by atoms with Crippen LogP contribution in [0.5, 0.6) is 5.75 Å². The van der Waals surface area contributed by atoms with Gasteiger partial charge in [0.15, 0.2) is 6.61 Å². The lowest BCUT2D eigenvalue weighted by molar-refractivity contribution is -0.123. The largest absolute Gasteiger partial charge is 0.484 e. The molecule has 2 N–H and O–H groups in total. The highest BCUT2D eigenvalue weighted by atomic mass is 32.2. The average molecular weight is 378 g/mol. The van der Waals surface area contributed by atoms with Crippen molar-refractivity contribution in [1.82, 2.24) is 10.0 Å². The van der Waals surface area contributed by atoms with Crippen molar-refractivity contribution in [3.05, 3.63) is 60.2 Å². The highest BCUT2D eigenvalue weighted by Crippen LogP contribution is 2.16. The average Bonchev–Trinajstić information content (AvgIpc) is 2.66. The Kier molecular flexibility index (Phi) is 7.58. The summed E-state index contributed by atoms with van der Waals surface area (Å²) in [6.45, 7) is 0.891. The Morgan fingerprint density at radius 3 is 2.38 bits per heavy atom. The van der Waals surface area contributed by atoms with Gasteiger partial charge in [-0.05, 0) is 29.8 Å². The van der Waals surface area contributed by atoms with Crippen molar-refractivity contribution in [1.29, 1.82) is 0 Å². The fraction of sp³-hybridized carbons (Fsp3) is 0.278. The van der Waals surface area contributed by atoms with Gasteiger partial charge in [-0.3, -0.25) is 4.79 Å². The van der Waals surface area contributed by atoms with Crippen LogP contribution in [0.3, 0.4) is 0 Å². The maximum absolute atomic E-state index is 12.3. The van der Waals surface area contributed by atoms with Gasteiger partial charge in [0, 0.05) is 20.2 Å². The number of amides is 1. The Labute approximate surface area is 153 Å². The van der Waals surface area contributed by atoms with Crippen molar-refractivity contribution in [2.24, 2.45) is 0 Å². The van der Waals surface area contributed by atoms with Crippen molar-refractivity contribution >= 4 is 15.9 Å². The van der Waals surface area contributed by atoms with Crippen molar-refractivity contribution < 1.29 is 22.7 Å². The highest BCUT2D eigenvalue weighted by molar-refractivity contribution is 7.89. The zero-order valence-electron chi connectivity index (χ0n) is 14.5. The first-order chi connectivity index (χ1) is 12.5. The van der Waals surface area contributed by atoms with Crippen LogP contribution in [0, 0.1) is 0 Å². The summed E-state index contributed by atoms with van der Waals surface area (Å²) in [6, 6.07) is 15.2. The summed E-state index contributed by atoms with van der Waals surface area (Å²) in [5, 5.41) is 2.63. The van der Waals surface area contributed by atoms with Gasteiger partial charge in [0.05, 0.1) is 11.5 Å². The number of rotatable bonds is 10. The van der Waals surface area contributed by atoms with Crippen LogP contribution in [-0.4, -0.2) is 41.2 Å². The molecule has 26 heavy (non-hydrogen) atoms. The Morgan fingerprint density at radius 2 is 1.73 bits per heavy atom. The molecular weight excluding hydrogens is 356 g/mol. The molecular formula is C18H22N2O5S. The molecule has 0 unspecified atom stereocenters. The molecule has 0 aliphatic rings. The van der Waals surface area contributed by atoms with Gasteiger partial charge < -0.3 is 14.8 Å². The van der Waals surface area contributed by atoms with E-state index in [0.717, 1.165) is 5.56 Å². The second kappa shape index (κ2) is 9.91. The minimum atomic E-state index is -3.62. The summed E-state index contributed by atoms with van der Waals surface area (Å²) in [7, 11) is -2.07. The Morgan fingerprint density at radius 1 is 1.04 bits per heavy atom. The van der Waals surface area contributed by atoms with Crippen LogP contribution in [0.15, 0.2) is 59.5 Å². The van der Waals surface area contributed by atoms with Crippen molar-refractivity contribution in [2.45, 2.75) is 11.4 Å². The minimum Gasteiger partial charge on any atom is -0.484 e. The molecule has 0 bridgehead atoms. The van der Waals surface area contributed by atoms with E-state index in [0.29, 0.717) is 18.9 Å². The minimum absolute atomic E-state index is 0.130. The lowest BCUT2D eigenvalue weighted by Crippen LogP contribution is -2.31. The van der Waals surface area contributed by atoms with Crippen LogP contribution < -0.4 is 14.8 Å². The maximum Gasteiger partial charge on any atom is 0.258 e. The molecule has 7 nitrogen and oxygen atoms in total. The topological polar surface area (TPSA) is 93.7 Å². The van der Waals surface area contributed by atoms with E-state index in [1.807, 2.05) is 30.3 Å². The van der Waals surface area contributed by atoms with E-state index >= 15 is 0 Å². The molecule has 8 heteroatoms. The van der Waals surface area contributed by atoms with E-state index in [9.17, 15) is 13.2 Å². The summed E-state index contributed by atoms with van der Waals surface area (Å²) in [5.41, 5.74) is 0.871. The molecule has 0 fully saturated rings. The molecule has 0 aromatic heterocycles. The number of benzene rings is 2. The van der Waals surface area contributed by atoms with Gasteiger partial charge in [0.1, 0.15) is 5.75 Å². The van der Waals surface area contributed by atoms with Gasteiger partial charge in [0.2, 0.25) is 10.0 Å². The third kappa shape index (κ3) is 6.47. The molecule has 1 amide bonds. The number of hydrogen-bond donors (Lipinski definition) is 2. The Hall–Kier alpha value is -2.42. The molecule has 0 spiro atoms. The van der Waals surface area contributed by atoms with Crippen LogP contribution in [0.1, 0.15) is 5.56 Å². The van der Waals surface area contributed by atoms with Gasteiger partial charge in [-0.2, -0.15) is 0 Å². The van der Waals surface area contributed by atoms with Crippen molar-refractivity contribution in [3.8, 4) is 5.75 Å². The summed E-state index contributed by atoms with van der Waals surface area (Å²) < 4.78 is 37.3. The monoisotopic (exact) mass is 378 g/mol. The summed E-state index contributed by atoms with van der Waals surface area (Å²) >= 11 is 0. The van der Waals surface area contributed by atoms with Crippen LogP contribution >= 0.6 is 0 Å². The van der Waals surface area contributed by atoms with E-state index in [2.05, 4.69) is 10.0 Å². The fourth-order valence-electron chi connectivity index (χ4n) is 2.06. The van der Waals surface area contributed by atoms with Crippen LogP contribution in [0.25, 0.3) is 0 Å². The number of ether oxygens (including phenoxy) is 2. The second-order valence-corrected chi connectivity index (χ2v) is 7.18. The molecule has 2 aromatic carbocycles. The number of sulfonamides is 1. The highest BCUT2D eigenvalue weighted by Gasteiger charge is 2.13. The fourth-order valence-corrected chi connectivity index (χ4v) is 3.08. The SMILES string of the molecule is COCCNC(=O)COc1ccc(S(=O)(=O)NCc2ccccc2)cc1. The van der Waals surface area contributed by atoms with Gasteiger partial charge in [-0.1, -0.05) is 30.3 Å². The number of nitrogens with one attached hydrogen (secondary N) is 2. The number of carbonyl (C=O) groups excluding carboxylic acids is 1. The molecule has 0 saturated heterocycles. The zero-order valence-corrected chi connectivity index (χ0v) is 15.3. The zero-order chi connectivity index (χ0) is 18.8. The molecule has 0 saturated carbocycles. The third-order valence-electron chi connectivity index (χ3n) is 3.44. The first-order valence-corrected chi connectivity index (χ1v) is 9.51. The normalized spacial score (nSPS) is 11.1.